The Hall–Kier alpha value is -3.27. The van der Waals surface area contributed by atoms with Gasteiger partial charge in [0.1, 0.15) is 18.4 Å². The van der Waals surface area contributed by atoms with Gasteiger partial charge in [0.25, 0.3) is 0 Å². The highest BCUT2D eigenvalue weighted by atomic mass is 32.2. The van der Waals surface area contributed by atoms with Crippen LogP contribution >= 0.6 is 0 Å². The van der Waals surface area contributed by atoms with Gasteiger partial charge < -0.3 is 10.2 Å². The van der Waals surface area contributed by atoms with Gasteiger partial charge in [-0.1, -0.05) is 44.2 Å². The van der Waals surface area contributed by atoms with Crippen LogP contribution in [0.2, 0.25) is 0 Å². The summed E-state index contributed by atoms with van der Waals surface area (Å²) in [5.41, 5.74) is 0.610. The van der Waals surface area contributed by atoms with Crippen molar-refractivity contribution in [1.82, 2.24) is 10.2 Å². The predicted octanol–water partition coefficient (Wildman–Crippen LogP) is 2.98. The first kappa shape index (κ1) is 28.0. The second-order valence-corrected chi connectivity index (χ2v) is 10.7. The average Bonchev–Trinajstić information content (AvgIpc) is 2.79. The summed E-state index contributed by atoms with van der Waals surface area (Å²) < 4.78 is 40.5. The fraction of sp³-hybridized carbons (Fsp3) is 0.400. The Balaban J connectivity index is 2.42. The fourth-order valence-corrected chi connectivity index (χ4v) is 4.18. The molecule has 0 aromatic heterocycles. The van der Waals surface area contributed by atoms with Crippen molar-refractivity contribution in [3.8, 4) is 0 Å². The monoisotopic (exact) mass is 505 g/mol. The molecule has 2 aromatic carbocycles. The maximum Gasteiger partial charge on any atom is 0.244 e. The number of benzene rings is 2. The summed E-state index contributed by atoms with van der Waals surface area (Å²) in [6.07, 6.45) is 0.945. The molecule has 35 heavy (non-hydrogen) atoms. The zero-order valence-corrected chi connectivity index (χ0v) is 21.4. The van der Waals surface area contributed by atoms with E-state index in [0.717, 1.165) is 15.5 Å². The smallest absolute Gasteiger partial charge is 0.244 e. The predicted molar refractivity (Wildman–Crippen MR) is 133 cm³/mol. The van der Waals surface area contributed by atoms with Crippen molar-refractivity contribution < 1.29 is 27.2 Å². The largest absolute Gasteiger partial charge is 0.354 e. The number of carbonyl (C=O) groups excluding carboxylic acids is 3. The van der Waals surface area contributed by atoms with Crippen molar-refractivity contribution in [2.45, 2.75) is 40.3 Å². The van der Waals surface area contributed by atoms with E-state index in [9.17, 15) is 27.2 Å². The Bertz CT molecular complexity index is 1180. The van der Waals surface area contributed by atoms with Crippen molar-refractivity contribution in [2.24, 2.45) is 5.92 Å². The van der Waals surface area contributed by atoms with Crippen LogP contribution in [0.1, 0.15) is 43.6 Å². The number of carbonyl (C=O) groups is 3. The lowest BCUT2D eigenvalue weighted by Gasteiger charge is -2.31. The number of hydrogen-bond donors (Lipinski definition) is 1. The molecule has 0 heterocycles. The molecule has 0 aliphatic carbocycles. The molecule has 0 saturated heterocycles. The summed E-state index contributed by atoms with van der Waals surface area (Å²) in [5, 5.41) is 2.76. The number of nitrogens with one attached hydrogen (secondary N) is 1. The quantitative estimate of drug-likeness (QED) is 0.473. The van der Waals surface area contributed by atoms with Crippen molar-refractivity contribution in [3.05, 3.63) is 65.5 Å². The van der Waals surface area contributed by atoms with Gasteiger partial charge in [-0.05, 0) is 38.0 Å². The third-order valence-electron chi connectivity index (χ3n) is 5.37. The van der Waals surface area contributed by atoms with Crippen LogP contribution in [0.4, 0.5) is 10.1 Å². The lowest BCUT2D eigenvalue weighted by Crippen LogP contribution is -2.51. The first-order valence-corrected chi connectivity index (χ1v) is 13.1. The number of hydrogen-bond acceptors (Lipinski definition) is 5. The van der Waals surface area contributed by atoms with Gasteiger partial charge in [0, 0.05) is 24.2 Å². The molecular formula is C25H32FN3O5S. The SMILES string of the molecule is CC(=O)c1cccc(N(CC(=O)N(Cc2ccccc2F)C(C)C(=O)NCC(C)C)S(C)(=O)=O)c1. The van der Waals surface area contributed by atoms with E-state index in [1.54, 1.807) is 12.1 Å². The molecule has 0 radical (unpaired) electrons. The van der Waals surface area contributed by atoms with Gasteiger partial charge in [-0.3, -0.25) is 18.7 Å². The van der Waals surface area contributed by atoms with E-state index in [4.69, 9.17) is 0 Å². The van der Waals surface area contributed by atoms with Crippen LogP contribution in [0.3, 0.4) is 0 Å². The van der Waals surface area contributed by atoms with E-state index in [1.165, 1.54) is 50.2 Å². The van der Waals surface area contributed by atoms with Crippen LogP contribution in [-0.2, 0) is 26.2 Å². The number of rotatable bonds is 11. The molecule has 1 N–H and O–H groups in total. The highest BCUT2D eigenvalue weighted by molar-refractivity contribution is 7.92. The number of anilines is 1. The minimum absolute atomic E-state index is 0.135. The van der Waals surface area contributed by atoms with Crippen molar-refractivity contribution in [2.75, 3.05) is 23.7 Å². The second-order valence-electron chi connectivity index (χ2n) is 8.80. The molecule has 2 aromatic rings. The topological polar surface area (TPSA) is 104 Å². The first-order chi connectivity index (χ1) is 16.3. The summed E-state index contributed by atoms with van der Waals surface area (Å²) in [5.74, 6) is -1.76. The highest BCUT2D eigenvalue weighted by Crippen LogP contribution is 2.21. The zero-order valence-electron chi connectivity index (χ0n) is 20.6. The van der Waals surface area contributed by atoms with E-state index >= 15 is 0 Å². The number of Topliss-reactive ketones (excluding diaryl/α,β-unsaturated/α-hetero) is 1. The number of nitrogens with zero attached hydrogens (tertiary/aromatic N) is 2. The molecule has 8 nitrogen and oxygen atoms in total. The van der Waals surface area contributed by atoms with Gasteiger partial charge >= 0.3 is 0 Å². The van der Waals surface area contributed by atoms with Gasteiger partial charge in [-0.15, -0.1) is 0 Å². The van der Waals surface area contributed by atoms with E-state index in [0.29, 0.717) is 6.54 Å². The minimum atomic E-state index is -3.94. The zero-order chi connectivity index (χ0) is 26.3. The maximum absolute atomic E-state index is 14.4. The molecule has 190 valence electrons. The molecular weight excluding hydrogens is 473 g/mol. The van der Waals surface area contributed by atoms with Crippen LogP contribution < -0.4 is 9.62 Å². The Labute approximate surface area is 206 Å². The van der Waals surface area contributed by atoms with Gasteiger partial charge in [0.2, 0.25) is 21.8 Å². The third kappa shape index (κ3) is 7.88. The van der Waals surface area contributed by atoms with Gasteiger partial charge in [0.15, 0.2) is 5.78 Å². The second kappa shape index (κ2) is 11.9. The van der Waals surface area contributed by atoms with Crippen LogP contribution in [0, 0.1) is 11.7 Å². The minimum Gasteiger partial charge on any atom is -0.354 e. The Kier molecular flexibility index (Phi) is 9.53. The van der Waals surface area contributed by atoms with Gasteiger partial charge in [0.05, 0.1) is 11.9 Å². The molecule has 2 rings (SSSR count). The van der Waals surface area contributed by atoms with E-state index in [-0.39, 0.29) is 35.1 Å². The summed E-state index contributed by atoms with van der Waals surface area (Å²) in [6, 6.07) is 10.8. The number of halogens is 1. The fourth-order valence-electron chi connectivity index (χ4n) is 3.34. The molecule has 0 aliphatic rings. The molecule has 0 aliphatic heterocycles. The van der Waals surface area contributed by atoms with Gasteiger partial charge in [-0.2, -0.15) is 0 Å². The lowest BCUT2D eigenvalue weighted by atomic mass is 10.1. The van der Waals surface area contributed by atoms with Crippen molar-refractivity contribution in [3.63, 3.8) is 0 Å². The van der Waals surface area contributed by atoms with E-state index in [1.807, 2.05) is 13.8 Å². The van der Waals surface area contributed by atoms with E-state index < -0.39 is 40.2 Å². The van der Waals surface area contributed by atoms with Gasteiger partial charge in [-0.25, -0.2) is 12.8 Å². The number of amides is 2. The molecule has 0 saturated carbocycles. The number of ketones is 1. The molecule has 0 fully saturated rings. The van der Waals surface area contributed by atoms with Crippen molar-refractivity contribution in [1.29, 1.82) is 0 Å². The summed E-state index contributed by atoms with van der Waals surface area (Å²) in [6.45, 7) is 6.23. The van der Waals surface area contributed by atoms with E-state index in [2.05, 4.69) is 5.32 Å². The lowest BCUT2D eigenvalue weighted by molar-refractivity contribution is -0.139. The Morgan fingerprint density at radius 2 is 1.69 bits per heavy atom. The van der Waals surface area contributed by atoms with Crippen LogP contribution in [0.5, 0.6) is 0 Å². The normalized spacial score (nSPS) is 12.2. The number of sulfonamides is 1. The highest BCUT2D eigenvalue weighted by Gasteiger charge is 2.30. The molecule has 2 amide bonds. The molecule has 1 atom stereocenters. The average molecular weight is 506 g/mol. The van der Waals surface area contributed by atoms with Crippen LogP contribution in [-0.4, -0.2) is 56.3 Å². The van der Waals surface area contributed by atoms with Crippen LogP contribution in [0.25, 0.3) is 0 Å². The summed E-state index contributed by atoms with van der Waals surface area (Å²) >= 11 is 0. The Morgan fingerprint density at radius 1 is 1.03 bits per heavy atom. The molecule has 1 unspecified atom stereocenters. The molecule has 10 heteroatoms. The third-order valence-corrected chi connectivity index (χ3v) is 6.51. The molecule has 0 spiro atoms. The first-order valence-electron chi connectivity index (χ1n) is 11.2. The van der Waals surface area contributed by atoms with Crippen LogP contribution in [0.15, 0.2) is 48.5 Å². The summed E-state index contributed by atoms with van der Waals surface area (Å²) in [4.78, 5) is 39.2. The standard InChI is InChI=1S/C25H32FN3O5S/c1-17(2)14-27-25(32)18(3)28(15-21-9-6-7-12-23(21)26)24(31)16-29(35(5,33)34)22-11-8-10-20(13-22)19(4)30/h6-13,17-18H,14-16H2,1-5H3,(H,27,32). The maximum atomic E-state index is 14.4. The van der Waals surface area contributed by atoms with Crippen molar-refractivity contribution >= 4 is 33.3 Å². The molecule has 0 bridgehead atoms. The Morgan fingerprint density at radius 3 is 2.26 bits per heavy atom. The summed E-state index contributed by atoms with van der Waals surface area (Å²) in [7, 11) is -3.94.